The summed E-state index contributed by atoms with van der Waals surface area (Å²) in [7, 11) is 0. The molecule has 0 N–H and O–H groups in total. The highest BCUT2D eigenvalue weighted by molar-refractivity contribution is 6.45. The first-order valence-corrected chi connectivity index (χ1v) is 6.17. The summed E-state index contributed by atoms with van der Waals surface area (Å²) >= 11 is 0. The lowest BCUT2D eigenvalue weighted by Crippen LogP contribution is -2.10. The largest absolute Gasteiger partial charge is 0.417 e. The minimum absolute atomic E-state index is 0.217. The summed E-state index contributed by atoms with van der Waals surface area (Å²) in [6.07, 6.45) is -4.39. The number of hydrogen-bond acceptors (Lipinski definition) is 1. The predicted octanol–water partition coefficient (Wildman–Crippen LogP) is 4.61. The van der Waals surface area contributed by atoms with Crippen LogP contribution in [0.2, 0.25) is 0 Å². The smallest absolute Gasteiger partial charge is 0.247 e. The minimum Gasteiger partial charge on any atom is -0.247 e. The third-order valence-corrected chi connectivity index (χ3v) is 3.63. The maximum Gasteiger partial charge on any atom is 0.417 e. The topological polar surface area (TPSA) is 12.4 Å². The number of para-hydroxylation sites is 1. The van der Waals surface area contributed by atoms with Crippen molar-refractivity contribution in [3.8, 4) is 0 Å². The van der Waals surface area contributed by atoms with Crippen LogP contribution in [0.3, 0.4) is 0 Å². The summed E-state index contributed by atoms with van der Waals surface area (Å²) in [6.45, 7) is 0. The molecule has 0 fully saturated rings. The number of fused-ring (bicyclic) bond motifs is 5. The third kappa shape index (κ3) is 1.36. The maximum atomic E-state index is 13.5. The molecule has 0 spiro atoms. The van der Waals surface area contributed by atoms with Gasteiger partial charge in [-0.05, 0) is 11.6 Å². The van der Waals surface area contributed by atoms with Crippen molar-refractivity contribution < 1.29 is 13.2 Å². The standard InChI is InChI=1S/C16H8F3N/c17-16(18,19)14-9-5-1-2-6-10(9)15-13(14)11-7-3-4-8-12(11)20-15/h1-8H. The van der Waals surface area contributed by atoms with Crippen molar-refractivity contribution >= 4 is 22.5 Å². The average molecular weight is 271 g/mol. The summed E-state index contributed by atoms with van der Waals surface area (Å²) in [4.78, 5) is 4.38. The maximum absolute atomic E-state index is 13.5. The number of benzene rings is 2. The molecule has 1 nitrogen and oxygen atoms in total. The molecule has 0 saturated heterocycles. The molecule has 4 rings (SSSR count). The Morgan fingerprint density at radius 2 is 1.35 bits per heavy atom. The predicted molar refractivity (Wildman–Crippen MR) is 72.0 cm³/mol. The van der Waals surface area contributed by atoms with Crippen molar-refractivity contribution in [1.82, 2.24) is 0 Å². The van der Waals surface area contributed by atoms with E-state index in [2.05, 4.69) is 4.99 Å². The minimum atomic E-state index is -4.39. The molecule has 2 aromatic rings. The van der Waals surface area contributed by atoms with Gasteiger partial charge in [-0.2, -0.15) is 13.2 Å². The summed E-state index contributed by atoms with van der Waals surface area (Å²) < 4.78 is 40.4. The van der Waals surface area contributed by atoms with Crippen LogP contribution in [0.1, 0.15) is 16.7 Å². The SMILES string of the molecule is FC(F)(F)C1=C2C(=Nc3ccccc32)c2ccccc21. The summed E-state index contributed by atoms with van der Waals surface area (Å²) in [5.74, 6) is 0. The van der Waals surface area contributed by atoms with E-state index in [0.717, 1.165) is 0 Å². The van der Waals surface area contributed by atoms with Gasteiger partial charge >= 0.3 is 6.18 Å². The highest BCUT2D eigenvalue weighted by Crippen LogP contribution is 2.51. The number of aliphatic imine (C=N–C) groups is 1. The highest BCUT2D eigenvalue weighted by atomic mass is 19.4. The molecule has 0 unspecified atom stereocenters. The monoisotopic (exact) mass is 271 g/mol. The normalized spacial score (nSPS) is 15.8. The van der Waals surface area contributed by atoms with Gasteiger partial charge in [0.15, 0.2) is 0 Å². The molecule has 0 aromatic heterocycles. The molecule has 0 atom stereocenters. The van der Waals surface area contributed by atoms with Crippen molar-refractivity contribution in [3.05, 3.63) is 65.2 Å². The molecular formula is C16H8F3N. The Bertz CT molecular complexity index is 797. The second kappa shape index (κ2) is 3.60. The van der Waals surface area contributed by atoms with Crippen LogP contribution >= 0.6 is 0 Å². The molecule has 1 aliphatic carbocycles. The van der Waals surface area contributed by atoms with Gasteiger partial charge in [0.2, 0.25) is 0 Å². The van der Waals surface area contributed by atoms with Gasteiger partial charge in [-0.3, -0.25) is 0 Å². The lowest BCUT2D eigenvalue weighted by Gasteiger charge is -2.11. The second-order valence-electron chi connectivity index (χ2n) is 4.77. The zero-order chi connectivity index (χ0) is 13.9. The second-order valence-corrected chi connectivity index (χ2v) is 4.77. The van der Waals surface area contributed by atoms with Crippen molar-refractivity contribution in [1.29, 1.82) is 0 Å². The van der Waals surface area contributed by atoms with E-state index in [9.17, 15) is 13.2 Å². The number of halogens is 3. The van der Waals surface area contributed by atoms with Gasteiger partial charge in [0.25, 0.3) is 0 Å². The Morgan fingerprint density at radius 3 is 2.05 bits per heavy atom. The van der Waals surface area contributed by atoms with Crippen LogP contribution in [-0.4, -0.2) is 11.9 Å². The lowest BCUT2D eigenvalue weighted by molar-refractivity contribution is -0.0683. The summed E-state index contributed by atoms with van der Waals surface area (Å²) in [5, 5.41) is 0. The van der Waals surface area contributed by atoms with Gasteiger partial charge in [0, 0.05) is 16.7 Å². The van der Waals surface area contributed by atoms with Gasteiger partial charge in [-0.25, -0.2) is 4.99 Å². The molecule has 2 aromatic carbocycles. The Labute approximate surface area is 113 Å². The molecule has 4 heteroatoms. The Kier molecular flexibility index (Phi) is 2.06. The molecule has 1 heterocycles. The van der Waals surface area contributed by atoms with Gasteiger partial charge in [-0.1, -0.05) is 42.5 Å². The lowest BCUT2D eigenvalue weighted by atomic mass is 10.00. The van der Waals surface area contributed by atoms with E-state index >= 15 is 0 Å². The first kappa shape index (κ1) is 11.5. The quantitative estimate of drug-likeness (QED) is 0.663. The first-order chi connectivity index (χ1) is 9.57. The van der Waals surface area contributed by atoms with E-state index in [1.807, 2.05) is 0 Å². The molecule has 2 aliphatic rings. The Morgan fingerprint density at radius 1 is 0.750 bits per heavy atom. The Balaban J connectivity index is 2.11. The zero-order valence-electron chi connectivity index (χ0n) is 10.2. The van der Waals surface area contributed by atoms with Gasteiger partial charge in [0.1, 0.15) is 0 Å². The average Bonchev–Trinajstić information content (AvgIpc) is 2.92. The van der Waals surface area contributed by atoms with Crippen molar-refractivity contribution in [3.63, 3.8) is 0 Å². The number of hydrogen-bond donors (Lipinski definition) is 0. The number of allylic oxidation sites excluding steroid dienone is 2. The molecule has 1 aliphatic heterocycles. The van der Waals surface area contributed by atoms with Gasteiger partial charge in [0.05, 0.1) is 17.0 Å². The molecule has 0 saturated carbocycles. The molecule has 98 valence electrons. The molecule has 0 amide bonds. The summed E-state index contributed by atoms with van der Waals surface area (Å²) in [5.41, 5.74) is 2.04. The van der Waals surface area contributed by atoms with Crippen LogP contribution in [0.4, 0.5) is 18.9 Å². The van der Waals surface area contributed by atoms with E-state index in [1.54, 1.807) is 42.5 Å². The van der Waals surface area contributed by atoms with Crippen LogP contribution in [-0.2, 0) is 0 Å². The van der Waals surface area contributed by atoms with Crippen LogP contribution in [0.15, 0.2) is 53.5 Å². The highest BCUT2D eigenvalue weighted by Gasteiger charge is 2.45. The van der Waals surface area contributed by atoms with E-state index < -0.39 is 11.7 Å². The molecule has 0 bridgehead atoms. The van der Waals surface area contributed by atoms with Crippen LogP contribution in [0.5, 0.6) is 0 Å². The van der Waals surface area contributed by atoms with Crippen molar-refractivity contribution in [2.45, 2.75) is 6.18 Å². The van der Waals surface area contributed by atoms with Gasteiger partial charge < -0.3 is 0 Å². The zero-order valence-corrected chi connectivity index (χ0v) is 10.2. The third-order valence-electron chi connectivity index (χ3n) is 3.63. The van der Waals surface area contributed by atoms with Gasteiger partial charge in [-0.15, -0.1) is 0 Å². The first-order valence-electron chi connectivity index (χ1n) is 6.17. The van der Waals surface area contributed by atoms with Crippen molar-refractivity contribution in [2.75, 3.05) is 0 Å². The fourth-order valence-electron chi connectivity index (χ4n) is 2.87. The number of rotatable bonds is 0. The molecule has 20 heavy (non-hydrogen) atoms. The van der Waals surface area contributed by atoms with E-state index in [0.29, 0.717) is 22.5 Å². The van der Waals surface area contributed by atoms with Crippen LogP contribution in [0.25, 0.3) is 11.1 Å². The fraction of sp³-hybridized carbons (Fsp3) is 0.0625. The van der Waals surface area contributed by atoms with E-state index in [4.69, 9.17) is 0 Å². The number of alkyl halides is 3. The van der Waals surface area contributed by atoms with E-state index in [-0.39, 0.29) is 11.1 Å². The van der Waals surface area contributed by atoms with Crippen molar-refractivity contribution in [2.24, 2.45) is 4.99 Å². The van der Waals surface area contributed by atoms with Crippen LogP contribution in [0, 0.1) is 0 Å². The molecule has 0 radical (unpaired) electrons. The van der Waals surface area contributed by atoms with Crippen LogP contribution < -0.4 is 0 Å². The molecular weight excluding hydrogens is 263 g/mol. The van der Waals surface area contributed by atoms with E-state index in [1.165, 1.54) is 6.07 Å². The Hall–Kier alpha value is -2.36. The number of nitrogens with zero attached hydrogens (tertiary/aromatic N) is 1. The summed E-state index contributed by atoms with van der Waals surface area (Å²) in [6, 6.07) is 13.5. The fourth-order valence-corrected chi connectivity index (χ4v) is 2.87.